The Morgan fingerprint density at radius 3 is 2.36 bits per heavy atom. The van der Waals surface area contributed by atoms with Crippen LogP contribution in [-0.2, 0) is 15.0 Å². The van der Waals surface area contributed by atoms with E-state index < -0.39 is 34.8 Å². The number of aliphatic hydroxyl groups is 3. The van der Waals surface area contributed by atoms with E-state index >= 15 is 0 Å². The third-order valence-corrected chi connectivity index (χ3v) is 2.36. The maximum absolute atomic E-state index is 10.4. The molecule has 84 valence electrons. The Morgan fingerprint density at radius 2 is 1.86 bits per heavy atom. The van der Waals surface area contributed by atoms with E-state index in [9.17, 15) is 13.5 Å². The van der Waals surface area contributed by atoms with Gasteiger partial charge in [-0.3, -0.25) is 4.55 Å². The van der Waals surface area contributed by atoms with Gasteiger partial charge in [-0.1, -0.05) is 0 Å². The van der Waals surface area contributed by atoms with Crippen molar-refractivity contribution in [2.24, 2.45) is 0 Å². The molecule has 0 aromatic carbocycles. The summed E-state index contributed by atoms with van der Waals surface area (Å²) >= 11 is 0. The number of rotatable bonds is 2. The SMILES string of the molecule is O=S(=O)(O)N[C@H]1C(O)OC[C@@H](O)[C@@H]1O. The summed E-state index contributed by atoms with van der Waals surface area (Å²) in [6.07, 6.45) is -4.48. The summed E-state index contributed by atoms with van der Waals surface area (Å²) in [6.45, 7) is -0.314. The smallest absolute Gasteiger partial charge is 0.333 e. The van der Waals surface area contributed by atoms with Crippen molar-refractivity contribution >= 4 is 10.3 Å². The van der Waals surface area contributed by atoms with Crippen molar-refractivity contribution in [2.75, 3.05) is 6.61 Å². The fraction of sp³-hybridized carbons (Fsp3) is 1.00. The molecule has 1 heterocycles. The molecular weight excluding hydrogens is 218 g/mol. The van der Waals surface area contributed by atoms with Gasteiger partial charge in [0.05, 0.1) is 6.61 Å². The number of hydrogen-bond donors (Lipinski definition) is 5. The number of aliphatic hydroxyl groups excluding tert-OH is 3. The standard InChI is InChI=1S/C5H11NO7S/c7-2-1-13-5(9)3(4(2)8)6-14(10,11)12/h2-9H,1H2,(H,10,11,12)/t2-,3-,4+,5?/m1/s1. The summed E-state index contributed by atoms with van der Waals surface area (Å²) < 4.78 is 35.2. The Morgan fingerprint density at radius 1 is 1.29 bits per heavy atom. The van der Waals surface area contributed by atoms with Crippen LogP contribution >= 0.6 is 0 Å². The first-order chi connectivity index (χ1) is 6.31. The molecule has 5 N–H and O–H groups in total. The van der Waals surface area contributed by atoms with Crippen LogP contribution in [0, 0.1) is 0 Å². The maximum Gasteiger partial charge on any atom is 0.333 e. The fourth-order valence-electron chi connectivity index (χ4n) is 1.11. The Kier molecular flexibility index (Phi) is 3.42. The topological polar surface area (TPSA) is 136 Å². The molecule has 1 unspecified atom stereocenters. The highest BCUT2D eigenvalue weighted by atomic mass is 32.2. The van der Waals surface area contributed by atoms with E-state index in [0.29, 0.717) is 0 Å². The van der Waals surface area contributed by atoms with Crippen LogP contribution in [-0.4, -0.2) is 59.4 Å². The first-order valence-corrected chi connectivity index (χ1v) is 5.16. The predicted octanol–water partition coefficient (Wildman–Crippen LogP) is -3.18. The minimum Gasteiger partial charge on any atom is -0.388 e. The molecule has 0 saturated carbocycles. The van der Waals surface area contributed by atoms with Crippen LogP contribution < -0.4 is 4.72 Å². The Hall–Kier alpha value is -0.290. The van der Waals surface area contributed by atoms with Gasteiger partial charge in [-0.15, -0.1) is 0 Å². The normalized spacial score (nSPS) is 39.7. The van der Waals surface area contributed by atoms with Crippen molar-refractivity contribution in [3.05, 3.63) is 0 Å². The van der Waals surface area contributed by atoms with Gasteiger partial charge in [0.15, 0.2) is 6.29 Å². The van der Waals surface area contributed by atoms with E-state index in [1.165, 1.54) is 4.72 Å². The quantitative estimate of drug-likeness (QED) is 0.315. The molecular formula is C5H11NO7S. The van der Waals surface area contributed by atoms with E-state index in [1.807, 2.05) is 0 Å². The first kappa shape index (κ1) is 11.8. The molecule has 14 heavy (non-hydrogen) atoms. The van der Waals surface area contributed by atoms with Gasteiger partial charge in [0.1, 0.15) is 18.2 Å². The first-order valence-electron chi connectivity index (χ1n) is 3.72. The van der Waals surface area contributed by atoms with Crippen molar-refractivity contribution in [1.82, 2.24) is 4.72 Å². The minimum absolute atomic E-state index is 0.314. The third-order valence-electron chi connectivity index (χ3n) is 1.79. The molecule has 0 aromatic heterocycles. The predicted molar refractivity (Wildman–Crippen MR) is 42.4 cm³/mol. The minimum atomic E-state index is -4.57. The van der Waals surface area contributed by atoms with Crippen LogP contribution in [0.5, 0.6) is 0 Å². The highest BCUT2D eigenvalue weighted by Gasteiger charge is 2.39. The average molecular weight is 229 g/mol. The Labute approximate surface area is 80.0 Å². The second-order valence-electron chi connectivity index (χ2n) is 2.90. The molecule has 1 rings (SSSR count). The molecule has 1 aliphatic heterocycles. The molecule has 9 heteroatoms. The molecule has 0 radical (unpaired) electrons. The van der Waals surface area contributed by atoms with Gasteiger partial charge in [-0.2, -0.15) is 13.1 Å². The summed E-state index contributed by atoms with van der Waals surface area (Å²) in [5.74, 6) is 0. The lowest BCUT2D eigenvalue weighted by Gasteiger charge is -2.34. The highest BCUT2D eigenvalue weighted by molar-refractivity contribution is 7.83. The molecule has 0 bridgehead atoms. The molecule has 0 spiro atoms. The summed E-state index contributed by atoms with van der Waals surface area (Å²) in [5, 5.41) is 27.4. The largest absolute Gasteiger partial charge is 0.388 e. The van der Waals surface area contributed by atoms with Crippen LogP contribution in [0.2, 0.25) is 0 Å². The summed E-state index contributed by atoms with van der Waals surface area (Å²) in [4.78, 5) is 0. The van der Waals surface area contributed by atoms with Crippen LogP contribution in [0.15, 0.2) is 0 Å². The van der Waals surface area contributed by atoms with E-state index in [2.05, 4.69) is 4.74 Å². The van der Waals surface area contributed by atoms with E-state index in [4.69, 9.17) is 14.8 Å². The van der Waals surface area contributed by atoms with Crippen molar-refractivity contribution in [3.8, 4) is 0 Å². The molecule has 4 atom stereocenters. The molecule has 1 saturated heterocycles. The van der Waals surface area contributed by atoms with Gasteiger partial charge in [0.2, 0.25) is 0 Å². The molecule has 1 aliphatic rings. The van der Waals surface area contributed by atoms with Gasteiger partial charge < -0.3 is 20.1 Å². The zero-order valence-electron chi connectivity index (χ0n) is 6.94. The second kappa shape index (κ2) is 4.06. The van der Waals surface area contributed by atoms with Gasteiger partial charge in [0, 0.05) is 0 Å². The Bertz CT molecular complexity index is 290. The molecule has 0 aromatic rings. The van der Waals surface area contributed by atoms with Gasteiger partial charge >= 0.3 is 10.3 Å². The number of nitrogens with one attached hydrogen (secondary N) is 1. The number of hydrogen-bond acceptors (Lipinski definition) is 6. The summed E-state index contributed by atoms with van der Waals surface area (Å²) in [7, 11) is -4.57. The highest BCUT2D eigenvalue weighted by Crippen LogP contribution is 2.14. The van der Waals surface area contributed by atoms with Crippen LogP contribution in [0.3, 0.4) is 0 Å². The van der Waals surface area contributed by atoms with Crippen molar-refractivity contribution in [1.29, 1.82) is 0 Å². The maximum atomic E-state index is 10.4. The van der Waals surface area contributed by atoms with E-state index in [1.54, 1.807) is 0 Å². The fourth-order valence-corrected chi connectivity index (χ4v) is 1.71. The zero-order valence-corrected chi connectivity index (χ0v) is 7.75. The monoisotopic (exact) mass is 229 g/mol. The van der Waals surface area contributed by atoms with Gasteiger partial charge in [-0.25, -0.2) is 0 Å². The summed E-state index contributed by atoms with van der Waals surface area (Å²) in [6, 6.07) is -1.49. The lowest BCUT2D eigenvalue weighted by Crippen LogP contribution is -2.60. The zero-order chi connectivity index (χ0) is 10.9. The third kappa shape index (κ3) is 2.85. The average Bonchev–Trinajstić information content (AvgIpc) is 2.04. The van der Waals surface area contributed by atoms with Gasteiger partial charge in [0.25, 0.3) is 0 Å². The molecule has 0 aliphatic carbocycles. The second-order valence-corrected chi connectivity index (χ2v) is 4.09. The number of ether oxygens (including phenoxy) is 1. The van der Waals surface area contributed by atoms with Gasteiger partial charge in [-0.05, 0) is 0 Å². The lowest BCUT2D eigenvalue weighted by molar-refractivity contribution is -0.208. The van der Waals surface area contributed by atoms with E-state index in [-0.39, 0.29) is 6.61 Å². The van der Waals surface area contributed by atoms with E-state index in [0.717, 1.165) is 0 Å². The van der Waals surface area contributed by atoms with Crippen molar-refractivity contribution in [2.45, 2.75) is 24.5 Å². The molecule has 0 amide bonds. The summed E-state index contributed by atoms with van der Waals surface area (Å²) in [5.41, 5.74) is 0. The molecule has 8 nitrogen and oxygen atoms in total. The molecule has 1 fully saturated rings. The van der Waals surface area contributed by atoms with Crippen LogP contribution in [0.25, 0.3) is 0 Å². The van der Waals surface area contributed by atoms with Crippen LogP contribution in [0.4, 0.5) is 0 Å². The van der Waals surface area contributed by atoms with Crippen molar-refractivity contribution in [3.63, 3.8) is 0 Å². The Balaban J connectivity index is 2.73. The van der Waals surface area contributed by atoms with Crippen molar-refractivity contribution < 1.29 is 33.0 Å². The lowest BCUT2D eigenvalue weighted by atomic mass is 10.0. The van der Waals surface area contributed by atoms with Crippen LogP contribution in [0.1, 0.15) is 0 Å².